The summed E-state index contributed by atoms with van der Waals surface area (Å²) in [5.41, 5.74) is 11.6. The summed E-state index contributed by atoms with van der Waals surface area (Å²) in [5, 5.41) is 6.69. The third-order valence-corrected chi connectivity index (χ3v) is 11.0. The summed E-state index contributed by atoms with van der Waals surface area (Å²) in [6, 6.07) is 1.84. The van der Waals surface area contributed by atoms with Gasteiger partial charge in [0.25, 0.3) is 0 Å². The van der Waals surface area contributed by atoms with Gasteiger partial charge in [0.2, 0.25) is 17.7 Å². The highest BCUT2D eigenvalue weighted by Crippen LogP contribution is 2.40. The van der Waals surface area contributed by atoms with Crippen molar-refractivity contribution in [2.75, 3.05) is 115 Å². The average Bonchev–Trinajstić information content (AvgIpc) is 3.69. The summed E-state index contributed by atoms with van der Waals surface area (Å²) >= 11 is 3.05. The highest BCUT2D eigenvalue weighted by atomic mass is 32.2. The number of anilines is 3. The molecule has 5 rings (SSSR count). The molecule has 0 aliphatic carbocycles. The maximum Gasteiger partial charge on any atom is 0.315 e. The fourth-order valence-electron chi connectivity index (χ4n) is 5.96. The predicted octanol–water partition coefficient (Wildman–Crippen LogP) is 1.04. The number of hydrogen-bond donors (Lipinski definition) is 4. The van der Waals surface area contributed by atoms with Crippen molar-refractivity contribution in [1.82, 2.24) is 35.5 Å². The van der Waals surface area contributed by atoms with Crippen molar-refractivity contribution in [2.24, 2.45) is 0 Å². The van der Waals surface area contributed by atoms with Crippen LogP contribution in [-0.2, 0) is 23.7 Å². The number of amides is 2. The fourth-order valence-corrected chi connectivity index (χ4v) is 8.42. The quantitative estimate of drug-likeness (QED) is 0.0569. The van der Waals surface area contributed by atoms with E-state index in [0.717, 1.165) is 57.7 Å². The lowest BCUT2D eigenvalue weighted by Gasteiger charge is -2.34. The molecule has 6 N–H and O–H groups in total. The van der Waals surface area contributed by atoms with Crippen LogP contribution in [0.15, 0.2) is 16.1 Å². The third-order valence-electron chi connectivity index (χ3n) is 8.62. The summed E-state index contributed by atoms with van der Waals surface area (Å²) in [5.74, 6) is 2.46. The first-order valence-electron chi connectivity index (χ1n) is 17.5. The number of nitrogens with zero attached hydrogens (tertiary/aromatic N) is 6. The van der Waals surface area contributed by atoms with Gasteiger partial charge in [0.15, 0.2) is 5.16 Å². The molecule has 288 valence electrons. The second-order valence-electron chi connectivity index (χ2n) is 12.2. The van der Waals surface area contributed by atoms with E-state index in [2.05, 4.69) is 40.4 Å². The van der Waals surface area contributed by atoms with E-state index < -0.39 is 0 Å². The number of esters is 1. The van der Waals surface area contributed by atoms with E-state index in [-0.39, 0.29) is 42.3 Å². The van der Waals surface area contributed by atoms with Crippen LogP contribution in [0, 0.1) is 0 Å². The molecule has 0 spiro atoms. The zero-order valence-corrected chi connectivity index (χ0v) is 31.4. The number of carbonyl (C=O) groups excluding carboxylic acids is 2. The van der Waals surface area contributed by atoms with Crippen molar-refractivity contribution in [3.05, 3.63) is 6.07 Å². The lowest BCUT2D eigenvalue weighted by Crippen LogP contribution is -2.48. The number of nitrogens with one attached hydrogen (secondary N) is 2. The molecule has 18 nitrogen and oxygen atoms in total. The van der Waals surface area contributed by atoms with Gasteiger partial charge in [-0.2, -0.15) is 21.7 Å². The van der Waals surface area contributed by atoms with Gasteiger partial charge in [0, 0.05) is 56.2 Å². The molecule has 2 aromatic rings. The van der Waals surface area contributed by atoms with Crippen molar-refractivity contribution >= 4 is 53.1 Å². The van der Waals surface area contributed by atoms with Crippen LogP contribution in [0.1, 0.15) is 25.7 Å². The molecule has 5 heterocycles. The first kappa shape index (κ1) is 39.6. The summed E-state index contributed by atoms with van der Waals surface area (Å²) in [7, 11) is 3.08. The number of fused-ring (bicyclic) bond motifs is 1. The Hall–Kier alpha value is -3.56. The number of carbonyl (C=O) groups is 2. The van der Waals surface area contributed by atoms with E-state index in [4.69, 9.17) is 39.9 Å². The Balaban J connectivity index is 0.850. The number of piperazine rings is 1. The van der Waals surface area contributed by atoms with Crippen LogP contribution < -0.4 is 36.5 Å². The van der Waals surface area contributed by atoms with Crippen molar-refractivity contribution in [1.29, 1.82) is 0 Å². The molecule has 3 fully saturated rings. The molecular weight excluding hydrogens is 717 g/mol. The standard InChI is InChI=1S/C32H50N10O8S2/c1-45-28-27(52-32-36-23(33)19-24(34)37-32)29(46-2)40-30(39-28)42-9-7-41(8-10-42)11-12-47-13-14-48-15-16-49-17-18-50-25(43)6-4-3-5-22-26-21(20-51-22)35-31(44)38-26/h19,21-22,26H,3-18,20H2,1-2H3,(H2,35,38,44)(H4,33,34,36,37)/t21-,22-,26-/m0/s1. The molecule has 20 heteroatoms. The first-order chi connectivity index (χ1) is 25.3. The number of rotatable bonds is 22. The second kappa shape index (κ2) is 20.6. The van der Waals surface area contributed by atoms with E-state index in [1.807, 2.05) is 11.8 Å². The maximum absolute atomic E-state index is 12.0. The number of aromatic nitrogens is 4. The summed E-state index contributed by atoms with van der Waals surface area (Å²) < 4.78 is 33.3. The normalized spacial score (nSPS) is 20.0. The van der Waals surface area contributed by atoms with Gasteiger partial charge in [0.05, 0.1) is 65.9 Å². The largest absolute Gasteiger partial charge is 0.480 e. The molecule has 2 amide bonds. The minimum atomic E-state index is -0.208. The van der Waals surface area contributed by atoms with Crippen LogP contribution in [0.25, 0.3) is 0 Å². The van der Waals surface area contributed by atoms with Crippen LogP contribution in [-0.4, -0.2) is 153 Å². The molecule has 52 heavy (non-hydrogen) atoms. The molecule has 0 saturated carbocycles. The van der Waals surface area contributed by atoms with E-state index in [1.165, 1.54) is 32.0 Å². The monoisotopic (exact) mass is 766 g/mol. The van der Waals surface area contributed by atoms with Gasteiger partial charge in [0.1, 0.15) is 23.1 Å². The van der Waals surface area contributed by atoms with E-state index in [0.29, 0.717) is 79.1 Å². The molecule has 3 saturated heterocycles. The number of thioether (sulfide) groups is 1. The third kappa shape index (κ3) is 12.0. The Morgan fingerprint density at radius 1 is 0.885 bits per heavy atom. The Kier molecular flexibility index (Phi) is 15.7. The highest BCUT2D eigenvalue weighted by molar-refractivity contribution is 8.00. The average molecular weight is 767 g/mol. The summed E-state index contributed by atoms with van der Waals surface area (Å²) in [6.45, 7) is 6.92. The first-order valence-corrected chi connectivity index (χ1v) is 19.3. The van der Waals surface area contributed by atoms with Crippen LogP contribution in [0.5, 0.6) is 11.8 Å². The van der Waals surface area contributed by atoms with Gasteiger partial charge in [-0.05, 0) is 24.6 Å². The number of methoxy groups -OCH3 is 2. The predicted molar refractivity (Wildman–Crippen MR) is 196 cm³/mol. The van der Waals surface area contributed by atoms with Crippen LogP contribution >= 0.6 is 23.5 Å². The molecule has 0 bridgehead atoms. The zero-order chi connectivity index (χ0) is 36.7. The molecule has 3 aliphatic heterocycles. The SMILES string of the molecule is COc1nc(N2CCN(CCOCCOCCOCCOC(=O)CCCC[C@@H]3SC[C@@H]4NC(=O)N[C@@H]43)CC2)nc(OC)c1Sc1nc(N)cc(N)n1. The Labute approximate surface area is 312 Å². The lowest BCUT2D eigenvalue weighted by molar-refractivity contribution is -0.145. The van der Waals surface area contributed by atoms with Gasteiger partial charge in [-0.1, -0.05) is 6.42 Å². The lowest BCUT2D eigenvalue weighted by atomic mass is 10.0. The van der Waals surface area contributed by atoms with Gasteiger partial charge in [-0.3, -0.25) is 9.69 Å². The van der Waals surface area contributed by atoms with Crippen LogP contribution in [0.4, 0.5) is 22.4 Å². The summed E-state index contributed by atoms with van der Waals surface area (Å²) in [4.78, 5) is 46.1. The van der Waals surface area contributed by atoms with Crippen molar-refractivity contribution in [3.8, 4) is 11.8 Å². The van der Waals surface area contributed by atoms with Crippen molar-refractivity contribution in [3.63, 3.8) is 0 Å². The molecule has 0 radical (unpaired) electrons. The highest BCUT2D eigenvalue weighted by Gasteiger charge is 2.42. The molecule has 3 aliphatic rings. The number of ether oxygens (including phenoxy) is 6. The molecule has 2 aromatic heterocycles. The van der Waals surface area contributed by atoms with Crippen molar-refractivity contribution < 1.29 is 38.0 Å². The number of unbranched alkanes of at least 4 members (excludes halogenated alkanes) is 1. The Morgan fingerprint density at radius 2 is 1.52 bits per heavy atom. The molecule has 3 atom stereocenters. The van der Waals surface area contributed by atoms with Gasteiger partial charge in [-0.15, -0.1) is 0 Å². The summed E-state index contributed by atoms with van der Waals surface area (Å²) in [6.07, 6.45) is 3.08. The number of nitrogen functional groups attached to an aromatic ring is 2. The minimum absolute atomic E-state index is 0.0720. The van der Waals surface area contributed by atoms with Crippen LogP contribution in [0.3, 0.4) is 0 Å². The minimum Gasteiger partial charge on any atom is -0.480 e. The smallest absolute Gasteiger partial charge is 0.315 e. The van der Waals surface area contributed by atoms with E-state index >= 15 is 0 Å². The molecular formula is C32H50N10O8S2. The molecule has 0 unspecified atom stereocenters. The van der Waals surface area contributed by atoms with E-state index in [9.17, 15) is 9.59 Å². The van der Waals surface area contributed by atoms with Crippen LogP contribution in [0.2, 0.25) is 0 Å². The molecule has 0 aromatic carbocycles. The number of hydrogen-bond acceptors (Lipinski definition) is 18. The topological polar surface area (TPSA) is 224 Å². The maximum atomic E-state index is 12.0. The van der Waals surface area contributed by atoms with Crippen molar-refractivity contribution in [2.45, 2.75) is 53.1 Å². The zero-order valence-electron chi connectivity index (χ0n) is 29.8. The number of nitrogens with two attached hydrogens (primary N) is 2. The fraction of sp³-hybridized carbons (Fsp3) is 0.688. The second-order valence-corrected chi connectivity index (χ2v) is 14.5. The van der Waals surface area contributed by atoms with Gasteiger partial charge in [-0.25, -0.2) is 14.8 Å². The Bertz CT molecular complexity index is 1410. The number of urea groups is 1. The van der Waals surface area contributed by atoms with Gasteiger partial charge >= 0.3 is 12.0 Å². The Morgan fingerprint density at radius 3 is 2.17 bits per heavy atom. The van der Waals surface area contributed by atoms with Gasteiger partial charge < -0.3 is 55.4 Å². The van der Waals surface area contributed by atoms with E-state index in [1.54, 1.807) is 0 Å².